The predicted molar refractivity (Wildman–Crippen MR) is 548 cm³/mol. The molecule has 3 nitrogen and oxygen atoms in total. The SMILES string of the molecule is c1cc(-c2cccc3ccccc23)cc(-c2c3ccccc3c(-c3ccc4oc5ccccc5c4c3)c3ccccc23)c1.c1ccc(-c2c3ccccc3c(-c3ccc4oc5ccccc5c4c3)c3ccccc23)c(-c2cccc3ccccc23)c1.c1ccc2c(-c3ccc(-c4c5ccccc5c(-c5ccc6oc7ccccc7c6c5)c5ccccc45)cc3)cccc2c1. The van der Waals surface area contributed by atoms with E-state index in [1.165, 1.54) is 197 Å². The molecule has 0 radical (unpaired) electrons. The summed E-state index contributed by atoms with van der Waals surface area (Å²) in [5.74, 6) is 0. The Labute approximate surface area is 744 Å². The topological polar surface area (TPSA) is 39.4 Å². The van der Waals surface area contributed by atoms with Crippen LogP contribution in [-0.2, 0) is 0 Å². The number of para-hydroxylation sites is 3. The van der Waals surface area contributed by atoms with Crippen LogP contribution in [-0.4, -0.2) is 0 Å². The van der Waals surface area contributed by atoms with E-state index in [2.05, 4.69) is 437 Å². The minimum atomic E-state index is 0.916. The zero-order valence-electron chi connectivity index (χ0n) is 70.3. The Bertz CT molecular complexity index is 9020. The van der Waals surface area contributed by atoms with Gasteiger partial charge in [0, 0.05) is 32.3 Å². The molecule has 0 fully saturated rings. The van der Waals surface area contributed by atoms with Gasteiger partial charge in [0.1, 0.15) is 33.5 Å². The lowest BCUT2D eigenvalue weighted by Gasteiger charge is -2.20. The Balaban J connectivity index is 0.000000105. The Morgan fingerprint density at radius 2 is 0.318 bits per heavy atom. The molecular formula is C126H78O3. The maximum absolute atomic E-state index is 6.18. The van der Waals surface area contributed by atoms with Gasteiger partial charge >= 0.3 is 0 Å². The van der Waals surface area contributed by atoms with Crippen molar-refractivity contribution in [3.63, 3.8) is 0 Å². The van der Waals surface area contributed by atoms with Gasteiger partial charge in [-0.1, -0.05) is 413 Å². The first-order valence-corrected chi connectivity index (χ1v) is 44.3. The van der Waals surface area contributed by atoms with Gasteiger partial charge in [-0.15, -0.1) is 0 Å². The van der Waals surface area contributed by atoms with Crippen LogP contribution in [0.2, 0.25) is 0 Å². The van der Waals surface area contributed by atoms with Crippen molar-refractivity contribution in [1.29, 1.82) is 0 Å². The molecule has 24 aromatic carbocycles. The summed E-state index contributed by atoms with van der Waals surface area (Å²) in [6.45, 7) is 0. The molecule has 0 saturated carbocycles. The molecule has 0 N–H and O–H groups in total. The molecule has 0 saturated heterocycles. The highest BCUT2D eigenvalue weighted by Gasteiger charge is 2.25. The van der Waals surface area contributed by atoms with Crippen LogP contribution in [0.15, 0.2) is 486 Å². The molecular weight excluding hydrogens is 1560 g/mol. The first kappa shape index (κ1) is 74.6. The highest BCUT2D eigenvalue weighted by atomic mass is 16.3. The second-order valence-electron chi connectivity index (χ2n) is 33.7. The highest BCUT2D eigenvalue weighted by Crippen LogP contribution is 2.52. The van der Waals surface area contributed by atoms with Gasteiger partial charge in [0.25, 0.3) is 0 Å². The molecule has 3 aromatic heterocycles. The molecule has 0 aliphatic rings. The molecule has 0 spiro atoms. The van der Waals surface area contributed by atoms with Crippen molar-refractivity contribution in [2.75, 3.05) is 0 Å². The molecule has 3 heterocycles. The van der Waals surface area contributed by atoms with Crippen LogP contribution < -0.4 is 0 Å². The molecule has 0 amide bonds. The van der Waals surface area contributed by atoms with Crippen LogP contribution in [0.4, 0.5) is 0 Å². The average Bonchev–Trinajstić information content (AvgIpc) is 1.26. The molecule has 0 bridgehead atoms. The van der Waals surface area contributed by atoms with Gasteiger partial charge < -0.3 is 13.3 Å². The van der Waals surface area contributed by atoms with Crippen molar-refractivity contribution in [2.45, 2.75) is 0 Å². The number of furan rings is 3. The minimum Gasteiger partial charge on any atom is -0.456 e. The average molecular weight is 1640 g/mol. The van der Waals surface area contributed by atoms with Crippen molar-refractivity contribution in [1.82, 2.24) is 0 Å². The normalized spacial score (nSPS) is 11.7. The molecule has 0 unspecified atom stereocenters. The quantitative estimate of drug-likeness (QED) is 0.135. The lowest BCUT2D eigenvalue weighted by Crippen LogP contribution is -1.93. The molecule has 129 heavy (non-hydrogen) atoms. The Hall–Kier alpha value is -17.0. The molecule has 0 aliphatic carbocycles. The van der Waals surface area contributed by atoms with Crippen molar-refractivity contribution < 1.29 is 13.3 Å². The van der Waals surface area contributed by atoms with Gasteiger partial charge in [0.2, 0.25) is 0 Å². The molecule has 0 atom stereocenters. The number of hydrogen-bond donors (Lipinski definition) is 0. The smallest absolute Gasteiger partial charge is 0.135 e. The predicted octanol–water partition coefficient (Wildman–Crippen LogP) is 36.1. The molecule has 0 aliphatic heterocycles. The third-order valence-electron chi connectivity index (χ3n) is 26.6. The zero-order chi connectivity index (χ0) is 85.0. The van der Waals surface area contributed by atoms with Crippen LogP contribution in [0, 0.1) is 0 Å². The van der Waals surface area contributed by atoms with E-state index >= 15 is 0 Å². The molecule has 3 heteroatoms. The minimum absolute atomic E-state index is 0.916. The number of hydrogen-bond acceptors (Lipinski definition) is 3. The number of fused-ring (bicyclic) bond motifs is 18. The van der Waals surface area contributed by atoms with Gasteiger partial charge in [0.05, 0.1) is 0 Å². The Kier molecular flexibility index (Phi) is 18.0. The van der Waals surface area contributed by atoms with Crippen LogP contribution in [0.1, 0.15) is 0 Å². The van der Waals surface area contributed by atoms with Gasteiger partial charge in [-0.2, -0.15) is 0 Å². The summed E-state index contributed by atoms with van der Waals surface area (Å²) in [5, 5.41) is 29.5. The largest absolute Gasteiger partial charge is 0.456 e. The third-order valence-corrected chi connectivity index (χ3v) is 26.6. The zero-order valence-corrected chi connectivity index (χ0v) is 70.3. The second kappa shape index (κ2) is 31.1. The van der Waals surface area contributed by atoms with E-state index in [-0.39, 0.29) is 0 Å². The van der Waals surface area contributed by atoms with Crippen LogP contribution in [0.25, 0.3) is 263 Å². The van der Waals surface area contributed by atoms with Crippen molar-refractivity contribution in [3.05, 3.63) is 473 Å². The van der Waals surface area contributed by atoms with Crippen LogP contribution in [0.3, 0.4) is 0 Å². The van der Waals surface area contributed by atoms with Crippen molar-refractivity contribution in [3.8, 4) is 100 Å². The summed E-state index contributed by atoms with van der Waals surface area (Å²) in [7, 11) is 0. The van der Waals surface area contributed by atoms with E-state index in [1.54, 1.807) is 0 Å². The van der Waals surface area contributed by atoms with E-state index in [1.807, 2.05) is 36.4 Å². The van der Waals surface area contributed by atoms with E-state index in [4.69, 9.17) is 13.3 Å². The summed E-state index contributed by atoms with van der Waals surface area (Å²) in [6.07, 6.45) is 0. The second-order valence-corrected chi connectivity index (χ2v) is 33.7. The molecule has 27 aromatic rings. The summed E-state index contributed by atoms with van der Waals surface area (Å²) in [5.41, 5.74) is 27.8. The Morgan fingerprint density at radius 3 is 0.682 bits per heavy atom. The van der Waals surface area contributed by atoms with Gasteiger partial charge in [-0.3, -0.25) is 0 Å². The van der Waals surface area contributed by atoms with Crippen LogP contribution in [0.5, 0.6) is 0 Å². The molecule has 27 rings (SSSR count). The van der Waals surface area contributed by atoms with E-state index in [0.29, 0.717) is 0 Å². The summed E-state index contributed by atoms with van der Waals surface area (Å²) >= 11 is 0. The standard InChI is InChI=1S/3C42H26O/c1-2-15-31-27(11-1)12-10-21-32(31)28-13-9-14-29(25-28)41-34-17-3-5-19-36(34)42(37-20-6-4-18-35(37)41)30-23-24-40-38(26-30)33-16-7-8-22-39(33)43-40;1-2-12-31-27(10-1)11-9-18-32(31)28-20-22-29(23-21-28)41-34-14-3-5-16-36(34)42(37-17-6-4-15-35(37)41)30-24-25-40-38(26-30)33-13-7-8-19-39(33)43-40;1-2-14-29-27(12-1)13-11-22-30(29)31-15-3-4-17-33(31)42-36-20-7-5-18-34(36)41(35-19-6-8-21-37(35)42)28-24-25-40-38(26-28)32-16-9-10-23-39(32)43-40/h3*1-26H. The number of rotatable bonds is 9. The monoisotopic (exact) mass is 1640 g/mol. The van der Waals surface area contributed by atoms with Crippen LogP contribution >= 0.6 is 0 Å². The fourth-order valence-electron chi connectivity index (χ4n) is 20.9. The summed E-state index contributed by atoms with van der Waals surface area (Å²) in [6, 6.07) is 171. The van der Waals surface area contributed by atoms with Gasteiger partial charge in [-0.05, 0) is 258 Å². The van der Waals surface area contributed by atoms with E-state index < -0.39 is 0 Å². The van der Waals surface area contributed by atoms with E-state index in [9.17, 15) is 0 Å². The summed E-state index contributed by atoms with van der Waals surface area (Å²) < 4.78 is 18.5. The lowest BCUT2D eigenvalue weighted by molar-refractivity contribution is 0.668. The van der Waals surface area contributed by atoms with Crippen molar-refractivity contribution in [2.24, 2.45) is 0 Å². The third kappa shape index (κ3) is 12.6. The summed E-state index contributed by atoms with van der Waals surface area (Å²) in [4.78, 5) is 0. The first-order chi connectivity index (χ1) is 64.0. The highest BCUT2D eigenvalue weighted by molar-refractivity contribution is 6.27. The van der Waals surface area contributed by atoms with E-state index in [0.717, 1.165) is 65.8 Å². The fourth-order valence-corrected chi connectivity index (χ4v) is 20.9. The first-order valence-electron chi connectivity index (χ1n) is 44.3. The van der Waals surface area contributed by atoms with Gasteiger partial charge in [-0.25, -0.2) is 0 Å². The fraction of sp³-hybridized carbons (Fsp3) is 0. The van der Waals surface area contributed by atoms with Gasteiger partial charge in [0.15, 0.2) is 0 Å². The Morgan fingerprint density at radius 1 is 0.101 bits per heavy atom. The maximum Gasteiger partial charge on any atom is 0.135 e. The maximum atomic E-state index is 6.18. The molecule has 600 valence electrons. The lowest BCUT2D eigenvalue weighted by atomic mass is 9.83. The van der Waals surface area contributed by atoms with Crippen molar-refractivity contribution >= 4 is 163 Å². The number of benzene rings is 24.